The minimum atomic E-state index is -4.00. The van der Waals surface area contributed by atoms with E-state index in [0.29, 0.717) is 0 Å². The summed E-state index contributed by atoms with van der Waals surface area (Å²) in [5.74, 6) is 0. The SMILES string of the molecule is Cc1c(Cl)cc(S(=O)(=O)NOC2CCCC2)cc1[N+](=O)[O-]. The Hall–Kier alpha value is -1.22. The summed E-state index contributed by atoms with van der Waals surface area (Å²) in [5, 5.41) is 10.9. The van der Waals surface area contributed by atoms with Gasteiger partial charge in [-0.25, -0.2) is 8.42 Å². The third kappa shape index (κ3) is 3.70. The third-order valence-electron chi connectivity index (χ3n) is 3.42. The molecular formula is C12H15ClN2O5S. The Balaban J connectivity index is 2.24. The lowest BCUT2D eigenvalue weighted by Gasteiger charge is -2.12. The first-order chi connectivity index (χ1) is 9.81. The number of hydrogen-bond donors (Lipinski definition) is 1. The van der Waals surface area contributed by atoms with Crippen molar-refractivity contribution in [3.8, 4) is 0 Å². The van der Waals surface area contributed by atoms with Gasteiger partial charge in [-0.15, -0.1) is 0 Å². The number of halogens is 1. The highest BCUT2D eigenvalue weighted by Crippen LogP contribution is 2.29. The zero-order valence-electron chi connectivity index (χ0n) is 11.3. The van der Waals surface area contributed by atoms with Crippen LogP contribution in [0.2, 0.25) is 5.02 Å². The van der Waals surface area contributed by atoms with Crippen molar-refractivity contribution in [2.45, 2.75) is 43.6 Å². The van der Waals surface area contributed by atoms with E-state index in [9.17, 15) is 18.5 Å². The normalized spacial score (nSPS) is 16.3. The van der Waals surface area contributed by atoms with Crippen LogP contribution in [0.25, 0.3) is 0 Å². The van der Waals surface area contributed by atoms with Gasteiger partial charge >= 0.3 is 0 Å². The molecule has 0 amide bonds. The summed E-state index contributed by atoms with van der Waals surface area (Å²) in [4.78, 5) is 17.1. The van der Waals surface area contributed by atoms with Gasteiger partial charge in [0.05, 0.1) is 20.9 Å². The molecule has 2 rings (SSSR count). The first kappa shape index (κ1) is 16.2. The second-order valence-corrected chi connectivity index (χ2v) is 6.97. The Morgan fingerprint density at radius 3 is 2.57 bits per heavy atom. The van der Waals surface area contributed by atoms with Crippen LogP contribution < -0.4 is 4.89 Å². The smallest absolute Gasteiger partial charge is 0.275 e. The molecule has 1 aliphatic rings. The zero-order valence-corrected chi connectivity index (χ0v) is 12.9. The zero-order chi connectivity index (χ0) is 15.6. The lowest BCUT2D eigenvalue weighted by Crippen LogP contribution is -2.28. The average molecular weight is 335 g/mol. The first-order valence-electron chi connectivity index (χ1n) is 6.43. The van der Waals surface area contributed by atoms with Crippen molar-refractivity contribution in [2.24, 2.45) is 0 Å². The average Bonchev–Trinajstić information content (AvgIpc) is 2.92. The van der Waals surface area contributed by atoms with Crippen LogP contribution in [-0.4, -0.2) is 19.4 Å². The van der Waals surface area contributed by atoms with E-state index in [0.717, 1.165) is 31.7 Å². The summed E-state index contributed by atoms with van der Waals surface area (Å²) in [5.41, 5.74) is -0.124. The fourth-order valence-corrected chi connectivity index (χ4v) is 3.35. The van der Waals surface area contributed by atoms with Crippen LogP contribution >= 0.6 is 11.6 Å². The summed E-state index contributed by atoms with van der Waals surface area (Å²) >= 11 is 5.86. The molecule has 1 aliphatic carbocycles. The van der Waals surface area contributed by atoms with Crippen LogP contribution in [0.4, 0.5) is 5.69 Å². The molecule has 0 saturated heterocycles. The molecule has 116 valence electrons. The van der Waals surface area contributed by atoms with Crippen LogP contribution in [0.5, 0.6) is 0 Å². The Morgan fingerprint density at radius 2 is 2.00 bits per heavy atom. The molecule has 0 aliphatic heterocycles. The second-order valence-electron chi connectivity index (χ2n) is 4.92. The van der Waals surface area contributed by atoms with Gasteiger partial charge < -0.3 is 0 Å². The van der Waals surface area contributed by atoms with E-state index in [-0.39, 0.29) is 27.3 Å². The molecule has 7 nitrogen and oxygen atoms in total. The predicted octanol–water partition coefficient (Wildman–Crippen LogP) is 2.71. The number of rotatable bonds is 5. The highest BCUT2D eigenvalue weighted by Gasteiger charge is 2.24. The second kappa shape index (κ2) is 6.27. The molecule has 0 bridgehead atoms. The molecule has 21 heavy (non-hydrogen) atoms. The molecule has 1 saturated carbocycles. The van der Waals surface area contributed by atoms with Gasteiger partial charge in [-0.3, -0.25) is 15.0 Å². The van der Waals surface area contributed by atoms with Crippen molar-refractivity contribution in [3.63, 3.8) is 0 Å². The molecule has 0 aromatic heterocycles. The molecule has 9 heteroatoms. The number of nitrogens with zero attached hydrogens (tertiary/aromatic N) is 1. The van der Waals surface area contributed by atoms with Gasteiger partial charge in [0, 0.05) is 11.6 Å². The van der Waals surface area contributed by atoms with E-state index >= 15 is 0 Å². The maximum atomic E-state index is 12.1. The maximum absolute atomic E-state index is 12.1. The van der Waals surface area contributed by atoms with Gasteiger partial charge in [-0.2, -0.15) is 0 Å². The van der Waals surface area contributed by atoms with Crippen molar-refractivity contribution in [1.29, 1.82) is 0 Å². The van der Waals surface area contributed by atoms with Gasteiger partial charge in [0.1, 0.15) is 0 Å². The van der Waals surface area contributed by atoms with Crippen LogP contribution in [-0.2, 0) is 14.9 Å². The minimum absolute atomic E-state index is 0.0189. The largest absolute Gasteiger partial charge is 0.284 e. The van der Waals surface area contributed by atoms with Crippen LogP contribution in [0, 0.1) is 17.0 Å². The highest BCUT2D eigenvalue weighted by atomic mass is 35.5. The standard InChI is InChI=1S/C12H15ClN2O5S/c1-8-11(13)6-10(7-12(8)15(16)17)21(18,19)14-20-9-4-2-3-5-9/h6-7,9,14H,2-5H2,1H3. The molecule has 0 unspecified atom stereocenters. The molecule has 1 fully saturated rings. The molecule has 0 heterocycles. The molecule has 1 N–H and O–H groups in total. The Bertz CT molecular complexity index is 656. The highest BCUT2D eigenvalue weighted by molar-refractivity contribution is 7.89. The van der Waals surface area contributed by atoms with Crippen molar-refractivity contribution >= 4 is 27.3 Å². The van der Waals surface area contributed by atoms with E-state index in [1.54, 1.807) is 0 Å². The van der Waals surface area contributed by atoms with E-state index < -0.39 is 14.9 Å². The number of hydrogen-bond acceptors (Lipinski definition) is 5. The quantitative estimate of drug-likeness (QED) is 0.659. The molecule has 0 atom stereocenters. The topological polar surface area (TPSA) is 98.5 Å². The van der Waals surface area contributed by atoms with E-state index in [1.807, 2.05) is 4.89 Å². The lowest BCUT2D eigenvalue weighted by molar-refractivity contribution is -0.385. The van der Waals surface area contributed by atoms with Gasteiger partial charge in [-0.1, -0.05) is 29.3 Å². The minimum Gasteiger partial charge on any atom is -0.284 e. The number of sulfonamides is 1. The molecule has 0 radical (unpaired) electrons. The fourth-order valence-electron chi connectivity index (χ4n) is 2.17. The summed E-state index contributed by atoms with van der Waals surface area (Å²) in [6.45, 7) is 1.46. The predicted molar refractivity (Wildman–Crippen MR) is 76.5 cm³/mol. The Kier molecular flexibility index (Phi) is 4.82. The molecular weight excluding hydrogens is 320 g/mol. The van der Waals surface area contributed by atoms with E-state index in [4.69, 9.17) is 16.4 Å². The molecule has 0 spiro atoms. The Morgan fingerprint density at radius 1 is 1.38 bits per heavy atom. The third-order valence-corrected chi connectivity index (χ3v) is 4.99. The number of nitro benzene ring substituents is 1. The van der Waals surface area contributed by atoms with Gasteiger partial charge in [0.2, 0.25) is 0 Å². The van der Waals surface area contributed by atoms with Crippen LogP contribution in [0.3, 0.4) is 0 Å². The summed E-state index contributed by atoms with van der Waals surface area (Å²) in [7, 11) is -4.00. The summed E-state index contributed by atoms with van der Waals surface area (Å²) in [6, 6.07) is 2.14. The van der Waals surface area contributed by atoms with Crippen molar-refractivity contribution in [2.75, 3.05) is 0 Å². The summed E-state index contributed by atoms with van der Waals surface area (Å²) < 4.78 is 24.2. The Labute approximate surface area is 127 Å². The van der Waals surface area contributed by atoms with E-state index in [1.165, 1.54) is 13.0 Å². The van der Waals surface area contributed by atoms with Crippen molar-refractivity contribution in [3.05, 3.63) is 32.8 Å². The summed E-state index contributed by atoms with van der Waals surface area (Å²) in [6.07, 6.45) is 3.41. The van der Waals surface area contributed by atoms with Crippen molar-refractivity contribution < 1.29 is 18.2 Å². The van der Waals surface area contributed by atoms with Crippen LogP contribution in [0.15, 0.2) is 17.0 Å². The van der Waals surface area contributed by atoms with E-state index in [2.05, 4.69) is 0 Å². The number of benzene rings is 1. The van der Waals surface area contributed by atoms with Gasteiger partial charge in [-0.05, 0) is 25.8 Å². The lowest BCUT2D eigenvalue weighted by atomic mass is 10.2. The van der Waals surface area contributed by atoms with Gasteiger partial charge in [0.15, 0.2) is 0 Å². The fraction of sp³-hybridized carbons (Fsp3) is 0.500. The number of nitrogens with one attached hydrogen (secondary N) is 1. The number of nitro groups is 1. The maximum Gasteiger partial charge on any atom is 0.275 e. The van der Waals surface area contributed by atoms with Crippen molar-refractivity contribution in [1.82, 2.24) is 4.89 Å². The molecule has 1 aromatic carbocycles. The van der Waals surface area contributed by atoms with Crippen LogP contribution in [0.1, 0.15) is 31.2 Å². The monoisotopic (exact) mass is 334 g/mol. The van der Waals surface area contributed by atoms with Gasteiger partial charge in [0.25, 0.3) is 15.7 Å². The molecule has 1 aromatic rings. The first-order valence-corrected chi connectivity index (χ1v) is 8.29.